The van der Waals surface area contributed by atoms with Crippen LogP contribution in [0.15, 0.2) is 36.4 Å². The van der Waals surface area contributed by atoms with Gasteiger partial charge in [0.25, 0.3) is 5.91 Å². The third-order valence-electron chi connectivity index (χ3n) is 7.23. The summed E-state index contributed by atoms with van der Waals surface area (Å²) in [6.07, 6.45) is 0.696. The van der Waals surface area contributed by atoms with Gasteiger partial charge in [0.2, 0.25) is 5.69 Å². The number of fused-ring (bicyclic) bond motifs is 1. The zero-order chi connectivity index (χ0) is 30.2. The predicted molar refractivity (Wildman–Crippen MR) is 154 cm³/mol. The van der Waals surface area contributed by atoms with Crippen molar-refractivity contribution in [1.82, 2.24) is 15.6 Å². The topological polar surface area (TPSA) is 97.2 Å². The Kier molecular flexibility index (Phi) is 7.73. The Bertz CT molecular complexity index is 1600. The maximum absolute atomic E-state index is 14.9. The van der Waals surface area contributed by atoms with Crippen molar-refractivity contribution in [2.75, 3.05) is 25.1 Å². The maximum atomic E-state index is 14.9. The zero-order valence-corrected chi connectivity index (χ0v) is 23.8. The van der Waals surface area contributed by atoms with Gasteiger partial charge >= 0.3 is 6.09 Å². The van der Waals surface area contributed by atoms with E-state index >= 15 is 0 Å². The zero-order valence-electron chi connectivity index (χ0n) is 23.8. The van der Waals surface area contributed by atoms with Gasteiger partial charge in [-0.3, -0.25) is 4.79 Å². The molecule has 9 nitrogen and oxygen atoms in total. The quantitative estimate of drug-likeness (QED) is 0.363. The number of carbonyl (C=O) groups excluding carboxylic acids is 2. The van der Waals surface area contributed by atoms with Gasteiger partial charge in [-0.1, -0.05) is 18.2 Å². The number of methoxy groups -OCH3 is 1. The number of pyridine rings is 1. The largest absolute Gasteiger partial charge is 0.494 e. The van der Waals surface area contributed by atoms with Crippen molar-refractivity contribution >= 4 is 23.5 Å². The van der Waals surface area contributed by atoms with Crippen molar-refractivity contribution in [2.45, 2.75) is 51.8 Å². The average molecular weight is 576 g/mol. The predicted octanol–water partition coefficient (Wildman–Crippen LogP) is 5.99. The molecule has 0 aliphatic carbocycles. The number of benzene rings is 2. The molecule has 2 amide bonds. The highest BCUT2D eigenvalue weighted by Crippen LogP contribution is 2.43. The van der Waals surface area contributed by atoms with Crippen molar-refractivity contribution in [3.63, 3.8) is 0 Å². The normalized spacial score (nSPS) is 15.1. The summed E-state index contributed by atoms with van der Waals surface area (Å²) in [5, 5.41) is 5.77. The summed E-state index contributed by atoms with van der Waals surface area (Å²) in [5.41, 5.74) is 1.93. The summed E-state index contributed by atoms with van der Waals surface area (Å²) >= 11 is 0. The summed E-state index contributed by atoms with van der Waals surface area (Å²) in [4.78, 5) is 35.6. The molecule has 0 radical (unpaired) electrons. The number of hydrogen-bond donors (Lipinski definition) is 2. The lowest BCUT2D eigenvalue weighted by Crippen LogP contribution is -2.46. The molecule has 1 fully saturated rings. The lowest BCUT2D eigenvalue weighted by atomic mass is 9.91. The molecule has 2 aliphatic rings. The molecule has 1 saturated heterocycles. The van der Waals surface area contributed by atoms with Gasteiger partial charge in [0.05, 0.1) is 24.9 Å². The van der Waals surface area contributed by atoms with Crippen molar-refractivity contribution in [1.29, 1.82) is 0 Å². The lowest BCUT2D eigenvalue weighted by Gasteiger charge is -2.34. The minimum Gasteiger partial charge on any atom is -0.494 e. The molecule has 0 unspecified atom stereocenters. The van der Waals surface area contributed by atoms with Crippen LogP contribution in [0.5, 0.6) is 5.75 Å². The van der Waals surface area contributed by atoms with E-state index in [1.165, 1.54) is 31.4 Å². The van der Waals surface area contributed by atoms with Gasteiger partial charge < -0.3 is 25.0 Å². The number of nitrogens with one attached hydrogen (secondary N) is 2. The Morgan fingerprint density at radius 2 is 1.79 bits per heavy atom. The average Bonchev–Trinajstić information content (AvgIpc) is 3.32. The molecule has 5 rings (SSSR count). The summed E-state index contributed by atoms with van der Waals surface area (Å²) in [5.74, 6) is -1.12. The van der Waals surface area contributed by atoms with Crippen LogP contribution in [0.2, 0.25) is 0 Å². The number of rotatable bonds is 5. The van der Waals surface area contributed by atoms with Crippen LogP contribution in [0.25, 0.3) is 27.2 Å². The van der Waals surface area contributed by atoms with E-state index in [9.17, 15) is 18.4 Å². The van der Waals surface area contributed by atoms with Gasteiger partial charge in [0.1, 0.15) is 17.2 Å². The van der Waals surface area contributed by atoms with Gasteiger partial charge in [0.15, 0.2) is 11.6 Å². The Labute approximate surface area is 242 Å². The first-order chi connectivity index (χ1) is 20.0. The van der Waals surface area contributed by atoms with Crippen molar-refractivity contribution < 1.29 is 27.8 Å². The number of alkyl carbamates (subject to hydrolysis) is 1. The van der Waals surface area contributed by atoms with E-state index in [2.05, 4.69) is 15.5 Å². The molecule has 0 saturated carbocycles. The second kappa shape index (κ2) is 11.3. The fourth-order valence-electron chi connectivity index (χ4n) is 5.32. The number of ether oxygens (including phenoxy) is 2. The van der Waals surface area contributed by atoms with Crippen molar-refractivity contribution in [3.05, 3.63) is 70.6 Å². The summed E-state index contributed by atoms with van der Waals surface area (Å²) in [6.45, 7) is 13.8. The third-order valence-corrected chi connectivity index (χ3v) is 7.23. The molecular formula is C31H31F2N5O4. The number of carbonyl (C=O) groups is 2. The van der Waals surface area contributed by atoms with Gasteiger partial charge in [-0.05, 0) is 62.9 Å². The summed E-state index contributed by atoms with van der Waals surface area (Å²) < 4.78 is 40.2. The number of nitrogens with zero attached hydrogens (tertiary/aromatic N) is 3. The van der Waals surface area contributed by atoms with E-state index in [-0.39, 0.29) is 29.9 Å². The van der Waals surface area contributed by atoms with Crippen molar-refractivity contribution in [3.8, 4) is 28.1 Å². The van der Waals surface area contributed by atoms with Crippen LogP contribution < -0.4 is 20.3 Å². The Morgan fingerprint density at radius 1 is 1.10 bits per heavy atom. The number of aromatic nitrogens is 1. The third kappa shape index (κ3) is 5.70. The maximum Gasteiger partial charge on any atom is 0.407 e. The number of anilines is 1. The van der Waals surface area contributed by atoms with E-state index in [0.29, 0.717) is 65.3 Å². The van der Waals surface area contributed by atoms with E-state index < -0.39 is 23.3 Å². The minimum absolute atomic E-state index is 0.0612. The van der Waals surface area contributed by atoms with Crippen LogP contribution in [-0.2, 0) is 11.3 Å². The molecular weight excluding hydrogens is 544 g/mol. The highest BCUT2D eigenvalue weighted by molar-refractivity contribution is 6.06. The van der Waals surface area contributed by atoms with E-state index in [0.717, 1.165) is 0 Å². The van der Waals surface area contributed by atoms with Gasteiger partial charge in [0, 0.05) is 36.8 Å². The first-order valence-electron chi connectivity index (χ1n) is 13.6. The van der Waals surface area contributed by atoms with Crippen molar-refractivity contribution in [2.24, 2.45) is 0 Å². The standard InChI is InChI=1S/C31H31F2N5O4/c1-31(2,3)42-30(40)36-19-10-12-38(13-11-19)28-26-20(16-35-29(26)39)25(17-7-9-24(41-5)22(33)14-17)27(37-28)18-6-8-23(34-4)21(32)15-18/h6-9,14-15,19H,10-13,16H2,1-3,5H3,(H,35,39)(H,36,40). The highest BCUT2D eigenvalue weighted by atomic mass is 19.1. The van der Waals surface area contributed by atoms with E-state index in [1.807, 2.05) is 4.90 Å². The molecule has 2 aromatic carbocycles. The second-order valence-electron chi connectivity index (χ2n) is 11.2. The van der Waals surface area contributed by atoms with Crippen LogP contribution in [-0.4, -0.2) is 48.8 Å². The number of hydrogen-bond acceptors (Lipinski definition) is 6. The fraction of sp³-hybridized carbons (Fsp3) is 0.355. The summed E-state index contributed by atoms with van der Waals surface area (Å²) in [7, 11) is 1.37. The molecule has 2 aliphatic heterocycles. The molecule has 1 aromatic heterocycles. The molecule has 11 heteroatoms. The van der Waals surface area contributed by atoms with Crippen LogP contribution in [0.3, 0.4) is 0 Å². The van der Waals surface area contributed by atoms with E-state index in [4.69, 9.17) is 21.0 Å². The smallest absolute Gasteiger partial charge is 0.407 e. The second-order valence-corrected chi connectivity index (χ2v) is 11.2. The van der Waals surface area contributed by atoms with Crippen LogP contribution >= 0.6 is 0 Å². The minimum atomic E-state index is -0.707. The number of amides is 2. The Morgan fingerprint density at radius 3 is 2.40 bits per heavy atom. The molecule has 42 heavy (non-hydrogen) atoms. The van der Waals surface area contributed by atoms with Gasteiger partial charge in [-0.15, -0.1) is 0 Å². The molecule has 218 valence electrons. The first-order valence-corrected chi connectivity index (χ1v) is 13.6. The van der Waals surface area contributed by atoms with Crippen LogP contribution in [0, 0.1) is 18.2 Å². The molecule has 0 bridgehead atoms. The number of piperidine rings is 1. The Hall–Kier alpha value is -4.72. The lowest BCUT2D eigenvalue weighted by molar-refractivity contribution is 0.0497. The highest BCUT2D eigenvalue weighted by Gasteiger charge is 2.34. The monoisotopic (exact) mass is 575 g/mol. The van der Waals surface area contributed by atoms with Crippen LogP contribution in [0.4, 0.5) is 25.1 Å². The fourth-order valence-corrected chi connectivity index (χ4v) is 5.32. The molecule has 0 spiro atoms. The van der Waals surface area contributed by atoms with E-state index in [1.54, 1.807) is 32.9 Å². The SMILES string of the molecule is [C-]#[N+]c1ccc(-c2nc(N3CCC(NC(=O)OC(C)(C)C)CC3)c3c(c2-c2ccc(OC)c(F)c2)CNC3=O)cc1F. The molecule has 3 heterocycles. The molecule has 2 N–H and O–H groups in total. The Balaban J connectivity index is 1.58. The first kappa shape index (κ1) is 28.8. The number of halogens is 2. The van der Waals surface area contributed by atoms with Gasteiger partial charge in [-0.25, -0.2) is 23.4 Å². The van der Waals surface area contributed by atoms with Gasteiger partial charge in [-0.2, -0.15) is 0 Å². The molecule has 0 atom stereocenters. The summed E-state index contributed by atoms with van der Waals surface area (Å²) in [6, 6.07) is 8.55. The van der Waals surface area contributed by atoms with Crippen LogP contribution in [0.1, 0.15) is 49.5 Å². The molecule has 3 aromatic rings.